The largest absolute Gasteiger partial charge is 0.490 e. The van der Waals surface area contributed by atoms with Crippen molar-refractivity contribution in [2.24, 2.45) is 0 Å². The van der Waals surface area contributed by atoms with E-state index in [1.54, 1.807) is 26.0 Å². The molecule has 35 heavy (non-hydrogen) atoms. The third-order valence-corrected chi connectivity index (χ3v) is 6.03. The zero-order chi connectivity index (χ0) is 25.7. The van der Waals surface area contributed by atoms with Crippen LogP contribution in [0, 0.1) is 20.8 Å². The molecule has 1 aromatic heterocycles. The van der Waals surface area contributed by atoms with Crippen LogP contribution in [-0.4, -0.2) is 37.7 Å². The molecule has 0 fully saturated rings. The van der Waals surface area contributed by atoms with Gasteiger partial charge < -0.3 is 18.9 Å². The normalized spacial score (nSPS) is 10.6. The molecule has 0 bridgehead atoms. The van der Waals surface area contributed by atoms with E-state index in [2.05, 4.69) is 20.9 Å². The standard InChI is InChI=1S/C27H28BrNO6/c1-7-34-21-13-19(12-20(28)25(21)35-14-18-10-8-15(2)9-11-18)24-22(26(30)32-5)16(3)29-17(4)23(24)27(31)33-6/h8-13H,7,14H2,1-6H3. The lowest BCUT2D eigenvalue weighted by molar-refractivity contribution is 0.0599. The first kappa shape index (κ1) is 26.2. The highest BCUT2D eigenvalue weighted by atomic mass is 79.9. The maximum absolute atomic E-state index is 12.8. The third-order valence-electron chi connectivity index (χ3n) is 5.44. The first-order chi connectivity index (χ1) is 16.7. The van der Waals surface area contributed by atoms with Crippen LogP contribution in [-0.2, 0) is 16.1 Å². The van der Waals surface area contributed by atoms with E-state index in [4.69, 9.17) is 18.9 Å². The topological polar surface area (TPSA) is 84.0 Å². The number of halogens is 1. The molecule has 8 heteroatoms. The van der Waals surface area contributed by atoms with Crippen molar-refractivity contribution in [3.63, 3.8) is 0 Å². The summed E-state index contributed by atoms with van der Waals surface area (Å²) in [5.74, 6) is -0.242. The first-order valence-corrected chi connectivity index (χ1v) is 11.8. The summed E-state index contributed by atoms with van der Waals surface area (Å²) in [6.45, 7) is 8.01. The van der Waals surface area contributed by atoms with Gasteiger partial charge in [-0.1, -0.05) is 29.8 Å². The Morgan fingerprint density at radius 3 is 1.97 bits per heavy atom. The Balaban J connectivity index is 2.20. The molecule has 0 N–H and O–H groups in total. The average molecular weight is 542 g/mol. The summed E-state index contributed by atoms with van der Waals surface area (Å²) >= 11 is 3.59. The average Bonchev–Trinajstić information content (AvgIpc) is 2.83. The number of ether oxygens (including phenoxy) is 4. The van der Waals surface area contributed by atoms with Crippen LogP contribution >= 0.6 is 15.9 Å². The molecule has 3 aromatic rings. The minimum absolute atomic E-state index is 0.182. The van der Waals surface area contributed by atoms with Crippen molar-refractivity contribution in [2.45, 2.75) is 34.3 Å². The number of benzene rings is 2. The van der Waals surface area contributed by atoms with Crippen molar-refractivity contribution in [3.05, 3.63) is 74.5 Å². The zero-order valence-electron chi connectivity index (χ0n) is 20.7. The molecular weight excluding hydrogens is 514 g/mol. The summed E-state index contributed by atoms with van der Waals surface area (Å²) < 4.78 is 22.6. The maximum Gasteiger partial charge on any atom is 0.340 e. The Bertz CT molecular complexity index is 1210. The van der Waals surface area contributed by atoms with Gasteiger partial charge in [0, 0.05) is 5.56 Å². The van der Waals surface area contributed by atoms with Crippen LogP contribution in [0.2, 0.25) is 0 Å². The summed E-state index contributed by atoms with van der Waals surface area (Å²) in [6.07, 6.45) is 0. The lowest BCUT2D eigenvalue weighted by Gasteiger charge is -2.20. The van der Waals surface area contributed by atoms with E-state index >= 15 is 0 Å². The van der Waals surface area contributed by atoms with E-state index in [1.807, 2.05) is 38.1 Å². The number of nitrogens with zero attached hydrogens (tertiary/aromatic N) is 1. The molecule has 0 saturated carbocycles. The van der Waals surface area contributed by atoms with Gasteiger partial charge in [-0.05, 0) is 66.9 Å². The Morgan fingerprint density at radius 1 is 0.886 bits per heavy atom. The van der Waals surface area contributed by atoms with Gasteiger partial charge in [-0.15, -0.1) is 0 Å². The summed E-state index contributed by atoms with van der Waals surface area (Å²) in [5, 5.41) is 0. The number of hydrogen-bond acceptors (Lipinski definition) is 7. The van der Waals surface area contributed by atoms with Gasteiger partial charge in [0.1, 0.15) is 6.61 Å². The fourth-order valence-corrected chi connectivity index (χ4v) is 4.35. The number of pyridine rings is 1. The predicted octanol–water partition coefficient (Wildman–Crippen LogP) is 5.99. The summed E-state index contributed by atoms with van der Waals surface area (Å²) in [7, 11) is 2.57. The van der Waals surface area contributed by atoms with Crippen molar-refractivity contribution in [2.75, 3.05) is 20.8 Å². The minimum Gasteiger partial charge on any atom is -0.490 e. The SMILES string of the molecule is CCOc1cc(-c2c(C(=O)OC)c(C)nc(C)c2C(=O)OC)cc(Br)c1OCc1ccc(C)cc1. The van der Waals surface area contributed by atoms with Gasteiger partial charge >= 0.3 is 11.9 Å². The lowest BCUT2D eigenvalue weighted by atomic mass is 9.92. The highest BCUT2D eigenvalue weighted by molar-refractivity contribution is 9.10. The zero-order valence-corrected chi connectivity index (χ0v) is 22.2. The fraction of sp³-hybridized carbons (Fsp3) is 0.296. The van der Waals surface area contributed by atoms with Gasteiger partial charge in [0.15, 0.2) is 11.5 Å². The van der Waals surface area contributed by atoms with Crippen LogP contribution in [0.15, 0.2) is 40.9 Å². The molecule has 0 atom stereocenters. The molecule has 0 aliphatic heterocycles. The van der Waals surface area contributed by atoms with Crippen molar-refractivity contribution < 1.29 is 28.5 Å². The van der Waals surface area contributed by atoms with Crippen LogP contribution in [0.1, 0.15) is 50.2 Å². The molecule has 0 radical (unpaired) electrons. The quantitative estimate of drug-likeness (QED) is 0.324. The van der Waals surface area contributed by atoms with Crippen molar-refractivity contribution >= 4 is 27.9 Å². The molecule has 184 valence electrons. The van der Waals surface area contributed by atoms with Crippen LogP contribution in [0.3, 0.4) is 0 Å². The fourth-order valence-electron chi connectivity index (χ4n) is 3.80. The lowest BCUT2D eigenvalue weighted by Crippen LogP contribution is -2.16. The van der Waals surface area contributed by atoms with Crippen LogP contribution in [0.25, 0.3) is 11.1 Å². The van der Waals surface area contributed by atoms with Gasteiger partial charge in [-0.3, -0.25) is 4.98 Å². The number of aryl methyl sites for hydroxylation is 3. The molecular formula is C27H28BrNO6. The summed E-state index contributed by atoms with van der Waals surface area (Å²) in [5.41, 5.74) is 4.33. The summed E-state index contributed by atoms with van der Waals surface area (Å²) in [4.78, 5) is 29.9. The minimum atomic E-state index is -0.607. The van der Waals surface area contributed by atoms with E-state index in [9.17, 15) is 9.59 Å². The predicted molar refractivity (Wildman–Crippen MR) is 136 cm³/mol. The molecule has 2 aromatic carbocycles. The molecule has 0 amide bonds. The second-order valence-electron chi connectivity index (χ2n) is 7.88. The van der Waals surface area contributed by atoms with E-state index in [0.29, 0.717) is 51.7 Å². The van der Waals surface area contributed by atoms with Crippen molar-refractivity contribution in [1.29, 1.82) is 0 Å². The van der Waals surface area contributed by atoms with E-state index in [1.165, 1.54) is 19.8 Å². The number of aromatic nitrogens is 1. The number of carbonyl (C=O) groups is 2. The Hall–Kier alpha value is -3.39. The van der Waals surface area contributed by atoms with Gasteiger partial charge in [-0.25, -0.2) is 9.59 Å². The van der Waals surface area contributed by atoms with Gasteiger partial charge in [0.05, 0.1) is 47.8 Å². The molecule has 0 spiro atoms. The summed E-state index contributed by atoms with van der Waals surface area (Å²) in [6, 6.07) is 11.6. The highest BCUT2D eigenvalue weighted by Crippen LogP contribution is 2.43. The number of rotatable bonds is 8. The number of esters is 2. The second-order valence-corrected chi connectivity index (χ2v) is 8.74. The Labute approximate surface area is 213 Å². The van der Waals surface area contributed by atoms with E-state index in [-0.39, 0.29) is 11.1 Å². The smallest absolute Gasteiger partial charge is 0.340 e. The number of hydrogen-bond donors (Lipinski definition) is 0. The molecule has 1 heterocycles. The van der Waals surface area contributed by atoms with Gasteiger partial charge in [0.25, 0.3) is 0 Å². The third kappa shape index (κ3) is 5.65. The monoisotopic (exact) mass is 541 g/mol. The van der Waals surface area contributed by atoms with Crippen molar-refractivity contribution in [1.82, 2.24) is 4.98 Å². The van der Waals surface area contributed by atoms with Crippen LogP contribution in [0.5, 0.6) is 11.5 Å². The molecule has 0 saturated heterocycles. The van der Waals surface area contributed by atoms with E-state index in [0.717, 1.165) is 5.56 Å². The Morgan fingerprint density at radius 2 is 1.46 bits per heavy atom. The molecule has 7 nitrogen and oxygen atoms in total. The highest BCUT2D eigenvalue weighted by Gasteiger charge is 2.28. The number of carbonyl (C=O) groups excluding carboxylic acids is 2. The Kier molecular flexibility index (Phi) is 8.51. The molecule has 0 aliphatic rings. The molecule has 0 aliphatic carbocycles. The number of methoxy groups -OCH3 is 2. The van der Waals surface area contributed by atoms with Crippen molar-refractivity contribution in [3.8, 4) is 22.6 Å². The second kappa shape index (κ2) is 11.4. The molecule has 0 unspecified atom stereocenters. The van der Waals surface area contributed by atoms with Gasteiger partial charge in [-0.2, -0.15) is 0 Å². The van der Waals surface area contributed by atoms with Crippen LogP contribution < -0.4 is 9.47 Å². The first-order valence-electron chi connectivity index (χ1n) is 11.0. The van der Waals surface area contributed by atoms with Crippen LogP contribution in [0.4, 0.5) is 0 Å². The van der Waals surface area contributed by atoms with Gasteiger partial charge in [0.2, 0.25) is 0 Å². The maximum atomic E-state index is 12.8. The van der Waals surface area contributed by atoms with E-state index < -0.39 is 11.9 Å². The molecule has 3 rings (SSSR count).